The molecule has 2 atom stereocenters. The van der Waals surface area contributed by atoms with E-state index in [1.807, 2.05) is 13.8 Å². The monoisotopic (exact) mass is 300 g/mol. The molecule has 0 saturated carbocycles. The Kier molecular flexibility index (Phi) is 7.02. The lowest BCUT2D eigenvalue weighted by Gasteiger charge is -2.28. The van der Waals surface area contributed by atoms with Gasteiger partial charge in [-0.05, 0) is 13.5 Å². The zero-order chi connectivity index (χ0) is 13.7. The second kappa shape index (κ2) is 6.95. The van der Waals surface area contributed by atoms with Crippen LogP contribution in [0.2, 0.25) is 0 Å². The first-order chi connectivity index (χ1) is 7.64. The van der Waals surface area contributed by atoms with E-state index in [2.05, 4.69) is 11.1 Å². The number of likely N-dealkylation sites (N-methyl/N-ethyl adjacent to an activating group) is 1. The van der Waals surface area contributed by atoms with E-state index < -0.39 is 16.7 Å². The third kappa shape index (κ3) is 6.62. The minimum absolute atomic E-state index is 0.113. The van der Waals surface area contributed by atoms with Gasteiger partial charge in [0.05, 0.1) is 6.26 Å². The molecule has 1 N–H and O–H groups in total. The van der Waals surface area contributed by atoms with Crippen molar-refractivity contribution in [3.05, 3.63) is 12.7 Å². The van der Waals surface area contributed by atoms with Crippen LogP contribution in [0, 0.1) is 0 Å². The van der Waals surface area contributed by atoms with E-state index in [9.17, 15) is 13.0 Å². The van der Waals surface area contributed by atoms with Crippen LogP contribution in [0.15, 0.2) is 12.7 Å². The van der Waals surface area contributed by atoms with Crippen molar-refractivity contribution in [3.63, 3.8) is 0 Å². The lowest BCUT2D eigenvalue weighted by atomic mass is 10.4. The van der Waals surface area contributed by atoms with Crippen LogP contribution in [-0.4, -0.2) is 38.2 Å². The highest BCUT2D eigenvalue weighted by molar-refractivity contribution is 8.58. The van der Waals surface area contributed by atoms with E-state index in [1.165, 1.54) is 16.1 Å². The van der Waals surface area contributed by atoms with Gasteiger partial charge in [-0.3, -0.25) is 4.57 Å². The molecule has 0 rings (SSSR count). The van der Waals surface area contributed by atoms with Gasteiger partial charge in [-0.1, -0.05) is 31.3 Å². The number of nitrogens with one attached hydrogen (secondary N) is 1. The molecule has 5 nitrogen and oxygen atoms in total. The van der Waals surface area contributed by atoms with Gasteiger partial charge >= 0.3 is 0 Å². The van der Waals surface area contributed by atoms with E-state index in [-0.39, 0.29) is 5.25 Å². The topological polar surface area (TPSA) is 66.5 Å². The number of hydrogen-bond acceptors (Lipinski definition) is 4. The van der Waals surface area contributed by atoms with Gasteiger partial charge < -0.3 is 0 Å². The van der Waals surface area contributed by atoms with Gasteiger partial charge in [0, 0.05) is 11.8 Å². The Morgan fingerprint density at radius 2 is 2.12 bits per heavy atom. The average Bonchev–Trinajstić information content (AvgIpc) is 2.14. The molecular formula is C9H21N2O3PS2. The fourth-order valence-electron chi connectivity index (χ4n) is 0.994. The molecule has 0 bridgehead atoms. The normalized spacial score (nSPS) is 17.7. The average molecular weight is 300 g/mol. The van der Waals surface area contributed by atoms with Crippen molar-refractivity contribution in [2.45, 2.75) is 25.5 Å². The predicted octanol–water partition coefficient (Wildman–Crippen LogP) is 2.29. The Labute approximate surface area is 108 Å². The van der Waals surface area contributed by atoms with Gasteiger partial charge in [0.1, 0.15) is 0 Å². The number of rotatable bonds is 8. The second-order valence-electron chi connectivity index (χ2n) is 3.84. The second-order valence-corrected chi connectivity index (χ2v) is 11.0. The summed E-state index contributed by atoms with van der Waals surface area (Å²) in [5, 5.41) is 0.113. The van der Waals surface area contributed by atoms with Gasteiger partial charge in [-0.25, -0.2) is 13.1 Å². The third-order valence-electron chi connectivity index (χ3n) is 2.02. The molecule has 0 aromatic rings. The number of nitrogens with zero attached hydrogens (tertiary/aromatic N) is 1. The maximum absolute atomic E-state index is 12.6. The molecule has 0 heterocycles. The van der Waals surface area contributed by atoms with Crippen molar-refractivity contribution in [2.24, 2.45) is 0 Å². The van der Waals surface area contributed by atoms with E-state index in [4.69, 9.17) is 0 Å². The fourth-order valence-corrected chi connectivity index (χ4v) is 8.73. The molecule has 0 aliphatic carbocycles. The summed E-state index contributed by atoms with van der Waals surface area (Å²) < 4.78 is 38.9. The lowest BCUT2D eigenvalue weighted by molar-refractivity contribution is 0.505. The summed E-state index contributed by atoms with van der Waals surface area (Å²) in [6.45, 7) is 4.63. The van der Waals surface area contributed by atoms with Gasteiger partial charge in [-0.15, -0.1) is 11.1 Å². The zero-order valence-corrected chi connectivity index (χ0v) is 13.2. The Morgan fingerprint density at radius 3 is 2.47 bits per heavy atom. The molecule has 8 heteroatoms. The summed E-state index contributed by atoms with van der Waals surface area (Å²) in [5.74, 6) is 0. The smallest absolute Gasteiger partial charge is 0.276 e. The molecule has 0 radical (unpaired) electrons. The highest BCUT2D eigenvalue weighted by atomic mass is 32.7. The molecule has 2 unspecified atom stereocenters. The van der Waals surface area contributed by atoms with Crippen molar-refractivity contribution < 1.29 is 13.0 Å². The molecule has 0 aromatic carbocycles. The summed E-state index contributed by atoms with van der Waals surface area (Å²) in [5.41, 5.74) is 0. The van der Waals surface area contributed by atoms with Crippen LogP contribution in [0.1, 0.15) is 20.3 Å². The van der Waals surface area contributed by atoms with Gasteiger partial charge in [0.15, 0.2) is 0 Å². The summed E-state index contributed by atoms with van der Waals surface area (Å²) in [7, 11) is -1.89. The molecule has 17 heavy (non-hydrogen) atoms. The predicted molar refractivity (Wildman–Crippen MR) is 75.8 cm³/mol. The minimum Gasteiger partial charge on any atom is -0.276 e. The Bertz CT molecular complexity index is 397. The highest BCUT2D eigenvalue weighted by Crippen LogP contribution is 2.59. The zero-order valence-electron chi connectivity index (χ0n) is 10.7. The first kappa shape index (κ1) is 17.2. The molecule has 0 saturated heterocycles. The number of hydrogen-bond donors (Lipinski definition) is 1. The van der Waals surface area contributed by atoms with E-state index in [0.29, 0.717) is 6.54 Å². The highest BCUT2D eigenvalue weighted by Gasteiger charge is 2.32. The minimum atomic E-state index is -3.51. The Hall–Kier alpha value is 0.190. The van der Waals surface area contributed by atoms with Gasteiger partial charge in [-0.2, -0.15) is 0 Å². The standard InChI is InChI=1S/C9H21N2O3PS2/c1-6-8-11(4)15(12,10-17(5,13)14)16-9(3)7-2/h6,9H,1,7-8H2,2-5H3,(H,10,12). The Balaban J connectivity index is 5.06. The number of sulfonamides is 1. The van der Waals surface area contributed by atoms with Crippen LogP contribution in [0.3, 0.4) is 0 Å². The largest absolute Gasteiger partial charge is 0.282 e. The first-order valence-corrected chi connectivity index (χ1v) is 10.3. The van der Waals surface area contributed by atoms with Crippen molar-refractivity contribution in [1.29, 1.82) is 0 Å². The molecule has 0 spiro atoms. The Morgan fingerprint density at radius 1 is 1.59 bits per heavy atom. The van der Waals surface area contributed by atoms with Gasteiger partial charge in [0.25, 0.3) is 6.65 Å². The molecule has 0 aliphatic rings. The summed E-state index contributed by atoms with van der Waals surface area (Å²) in [6.07, 6.45) is 3.42. The summed E-state index contributed by atoms with van der Waals surface area (Å²) in [4.78, 5) is 0. The van der Waals surface area contributed by atoms with Crippen LogP contribution in [0.25, 0.3) is 0 Å². The first-order valence-electron chi connectivity index (χ1n) is 5.24. The van der Waals surface area contributed by atoms with E-state index in [0.717, 1.165) is 12.7 Å². The quantitative estimate of drug-likeness (QED) is 0.550. The summed E-state index contributed by atoms with van der Waals surface area (Å²) in [6, 6.07) is 0. The van der Waals surface area contributed by atoms with Crippen molar-refractivity contribution in [1.82, 2.24) is 9.16 Å². The maximum Gasteiger partial charge on any atom is 0.282 e. The van der Waals surface area contributed by atoms with Crippen molar-refractivity contribution in [3.8, 4) is 0 Å². The summed E-state index contributed by atoms with van der Waals surface area (Å²) >= 11 is 1.17. The van der Waals surface area contributed by atoms with Crippen LogP contribution < -0.4 is 4.49 Å². The van der Waals surface area contributed by atoms with Crippen LogP contribution in [0.4, 0.5) is 0 Å². The molecule has 0 aliphatic heterocycles. The van der Waals surface area contributed by atoms with E-state index >= 15 is 0 Å². The van der Waals surface area contributed by atoms with E-state index in [1.54, 1.807) is 13.1 Å². The molecule has 0 fully saturated rings. The molecule has 102 valence electrons. The SMILES string of the molecule is C=CCN(C)P(=O)(NS(C)(=O)=O)SC(C)CC. The maximum atomic E-state index is 12.6. The van der Waals surface area contributed by atoms with Gasteiger partial charge in [0.2, 0.25) is 10.0 Å². The van der Waals surface area contributed by atoms with Crippen LogP contribution in [-0.2, 0) is 14.6 Å². The van der Waals surface area contributed by atoms with Crippen LogP contribution in [0.5, 0.6) is 0 Å². The molecular weight excluding hydrogens is 279 g/mol. The van der Waals surface area contributed by atoms with Crippen LogP contribution >= 0.6 is 18.0 Å². The molecule has 0 aromatic heterocycles. The molecule has 0 amide bonds. The van der Waals surface area contributed by atoms with Crippen molar-refractivity contribution >= 4 is 28.1 Å². The lowest BCUT2D eigenvalue weighted by Crippen LogP contribution is -2.28. The third-order valence-corrected chi connectivity index (χ3v) is 9.76. The van der Waals surface area contributed by atoms with Crippen molar-refractivity contribution in [2.75, 3.05) is 19.8 Å². The fraction of sp³-hybridized carbons (Fsp3) is 0.778.